The van der Waals surface area contributed by atoms with Crippen molar-refractivity contribution in [2.75, 3.05) is 19.7 Å². The van der Waals surface area contributed by atoms with Gasteiger partial charge in [0.1, 0.15) is 5.60 Å². The van der Waals surface area contributed by atoms with Gasteiger partial charge in [0.15, 0.2) is 0 Å². The van der Waals surface area contributed by atoms with Crippen molar-refractivity contribution in [3.05, 3.63) is 0 Å². The first kappa shape index (κ1) is 18.5. The zero-order chi connectivity index (χ0) is 16.9. The summed E-state index contributed by atoms with van der Waals surface area (Å²) in [7, 11) is 0. The zero-order valence-electron chi connectivity index (χ0n) is 15.0. The lowest BCUT2D eigenvalue weighted by Crippen LogP contribution is -2.46. The molecular formula is C18H34N2O3. The molecule has 0 saturated heterocycles. The van der Waals surface area contributed by atoms with Gasteiger partial charge in [-0.3, -0.25) is 0 Å². The lowest BCUT2D eigenvalue weighted by molar-refractivity contribution is 0.0510. The summed E-state index contributed by atoms with van der Waals surface area (Å²) in [5, 5.41) is 15.8. The molecule has 0 spiro atoms. The molecule has 1 amide bonds. The molecule has 134 valence electrons. The van der Waals surface area contributed by atoms with Crippen molar-refractivity contribution >= 4 is 6.09 Å². The normalized spacial score (nSPS) is 26.6. The van der Waals surface area contributed by atoms with Gasteiger partial charge in [-0.2, -0.15) is 0 Å². The van der Waals surface area contributed by atoms with Gasteiger partial charge in [-0.1, -0.05) is 12.8 Å². The molecule has 0 aromatic heterocycles. The van der Waals surface area contributed by atoms with Crippen LogP contribution in [0.15, 0.2) is 0 Å². The maximum Gasteiger partial charge on any atom is 0.407 e. The first-order valence-electron chi connectivity index (χ1n) is 9.15. The molecule has 2 rings (SSSR count). The van der Waals surface area contributed by atoms with Crippen LogP contribution in [0.1, 0.15) is 65.7 Å². The molecule has 5 heteroatoms. The number of hydrogen-bond donors (Lipinski definition) is 3. The highest BCUT2D eigenvalue weighted by molar-refractivity contribution is 5.67. The minimum atomic E-state index is -0.447. The number of ether oxygens (including phenoxy) is 1. The number of hydrogen-bond acceptors (Lipinski definition) is 4. The summed E-state index contributed by atoms with van der Waals surface area (Å²) >= 11 is 0. The Morgan fingerprint density at radius 1 is 1.26 bits per heavy atom. The van der Waals surface area contributed by atoms with E-state index in [1.165, 1.54) is 32.1 Å². The predicted octanol–water partition coefficient (Wildman–Crippen LogP) is 2.82. The van der Waals surface area contributed by atoms with Crippen LogP contribution in [0.5, 0.6) is 0 Å². The molecule has 2 fully saturated rings. The number of amides is 1. The Morgan fingerprint density at radius 3 is 2.57 bits per heavy atom. The minimum absolute atomic E-state index is 0.288. The summed E-state index contributed by atoms with van der Waals surface area (Å²) in [5.41, 5.74) is -0.105. The molecule has 2 aliphatic carbocycles. The van der Waals surface area contributed by atoms with Gasteiger partial charge in [0.2, 0.25) is 0 Å². The molecule has 2 unspecified atom stereocenters. The van der Waals surface area contributed by atoms with Crippen LogP contribution < -0.4 is 10.6 Å². The van der Waals surface area contributed by atoms with Crippen LogP contribution in [0.25, 0.3) is 0 Å². The van der Waals surface area contributed by atoms with E-state index >= 15 is 0 Å². The standard InChI is InChI=1S/C18H34N2O3/c1-17(2,3)23-16(22)19-12-14-6-4-5-7-15(14)20-13-18(8-9-18)10-11-21/h14-15,20-21H,4-13H2,1-3H3,(H,19,22). The highest BCUT2D eigenvalue weighted by Gasteiger charge is 2.42. The van der Waals surface area contributed by atoms with E-state index in [9.17, 15) is 9.90 Å². The Labute approximate surface area is 140 Å². The fourth-order valence-corrected chi connectivity index (χ4v) is 3.53. The molecule has 2 atom stereocenters. The van der Waals surface area contributed by atoms with Crippen molar-refractivity contribution in [3.63, 3.8) is 0 Å². The highest BCUT2D eigenvalue weighted by Crippen LogP contribution is 2.48. The molecule has 0 radical (unpaired) electrons. The van der Waals surface area contributed by atoms with Crippen molar-refractivity contribution in [3.8, 4) is 0 Å². The van der Waals surface area contributed by atoms with Gasteiger partial charge in [0, 0.05) is 25.7 Å². The van der Waals surface area contributed by atoms with Crippen molar-refractivity contribution in [2.24, 2.45) is 11.3 Å². The van der Waals surface area contributed by atoms with E-state index in [1.54, 1.807) is 0 Å². The van der Waals surface area contributed by atoms with E-state index in [-0.39, 0.29) is 12.7 Å². The molecule has 0 aromatic carbocycles. The Balaban J connectivity index is 1.76. The maximum atomic E-state index is 11.8. The molecule has 3 N–H and O–H groups in total. The molecular weight excluding hydrogens is 292 g/mol. The molecule has 2 saturated carbocycles. The third kappa shape index (κ3) is 6.30. The van der Waals surface area contributed by atoms with Gasteiger partial charge in [0.25, 0.3) is 0 Å². The van der Waals surface area contributed by atoms with E-state index in [0.29, 0.717) is 23.9 Å². The van der Waals surface area contributed by atoms with Gasteiger partial charge in [-0.25, -0.2) is 4.79 Å². The monoisotopic (exact) mass is 326 g/mol. The quantitative estimate of drug-likeness (QED) is 0.673. The first-order chi connectivity index (χ1) is 10.8. The van der Waals surface area contributed by atoms with Crippen LogP contribution in [0.4, 0.5) is 4.79 Å². The van der Waals surface area contributed by atoms with Crippen LogP contribution in [0.3, 0.4) is 0 Å². The maximum absolute atomic E-state index is 11.8. The Hall–Kier alpha value is -0.810. The Bertz CT molecular complexity index is 388. The van der Waals surface area contributed by atoms with Gasteiger partial charge in [0.05, 0.1) is 0 Å². The van der Waals surface area contributed by atoms with Crippen LogP contribution in [-0.4, -0.2) is 42.5 Å². The minimum Gasteiger partial charge on any atom is -0.444 e. The summed E-state index contributed by atoms with van der Waals surface area (Å²) in [6, 6.07) is 0.467. The lowest BCUT2D eigenvalue weighted by Gasteiger charge is -2.34. The molecule has 23 heavy (non-hydrogen) atoms. The van der Waals surface area contributed by atoms with Crippen molar-refractivity contribution in [1.29, 1.82) is 0 Å². The summed E-state index contributed by atoms with van der Waals surface area (Å²) < 4.78 is 5.32. The Morgan fingerprint density at radius 2 is 1.96 bits per heavy atom. The summed E-state index contributed by atoms with van der Waals surface area (Å²) in [4.78, 5) is 11.8. The number of aliphatic hydroxyl groups is 1. The van der Waals surface area contributed by atoms with E-state index in [1.807, 2.05) is 20.8 Å². The summed E-state index contributed by atoms with van der Waals surface area (Å²) in [6.45, 7) is 7.62. The largest absolute Gasteiger partial charge is 0.444 e. The van der Waals surface area contributed by atoms with Gasteiger partial charge in [-0.05, 0) is 64.2 Å². The smallest absolute Gasteiger partial charge is 0.407 e. The summed E-state index contributed by atoms with van der Waals surface area (Å²) in [5.74, 6) is 0.473. The molecule has 0 heterocycles. The van der Waals surface area contributed by atoms with Crippen LogP contribution in [0, 0.1) is 11.3 Å². The predicted molar refractivity (Wildman–Crippen MR) is 91.4 cm³/mol. The second-order valence-corrected chi connectivity index (χ2v) is 8.39. The molecule has 0 bridgehead atoms. The summed E-state index contributed by atoms with van der Waals surface area (Å²) in [6.07, 6.45) is 7.88. The van der Waals surface area contributed by atoms with E-state index in [2.05, 4.69) is 10.6 Å². The van der Waals surface area contributed by atoms with E-state index in [4.69, 9.17) is 4.74 Å². The Kier molecular flexibility index (Phi) is 6.32. The number of carbonyl (C=O) groups excluding carboxylic acids is 1. The van der Waals surface area contributed by atoms with Crippen molar-refractivity contribution in [1.82, 2.24) is 10.6 Å². The van der Waals surface area contributed by atoms with Gasteiger partial charge in [-0.15, -0.1) is 0 Å². The topological polar surface area (TPSA) is 70.6 Å². The highest BCUT2D eigenvalue weighted by atomic mass is 16.6. The number of nitrogens with one attached hydrogen (secondary N) is 2. The fraction of sp³-hybridized carbons (Fsp3) is 0.944. The van der Waals surface area contributed by atoms with Gasteiger partial charge < -0.3 is 20.5 Å². The lowest BCUT2D eigenvalue weighted by atomic mass is 9.84. The van der Waals surface area contributed by atoms with Gasteiger partial charge >= 0.3 is 6.09 Å². The van der Waals surface area contributed by atoms with E-state index < -0.39 is 5.60 Å². The average Bonchev–Trinajstić information content (AvgIpc) is 3.22. The first-order valence-corrected chi connectivity index (χ1v) is 9.15. The fourth-order valence-electron chi connectivity index (χ4n) is 3.53. The van der Waals surface area contributed by atoms with Crippen LogP contribution in [0.2, 0.25) is 0 Å². The third-order valence-corrected chi connectivity index (χ3v) is 5.16. The van der Waals surface area contributed by atoms with Crippen molar-refractivity contribution < 1.29 is 14.6 Å². The molecule has 2 aliphatic rings. The number of aliphatic hydroxyl groups excluding tert-OH is 1. The van der Waals surface area contributed by atoms with Crippen molar-refractivity contribution in [2.45, 2.75) is 77.4 Å². The second kappa shape index (κ2) is 7.84. The number of alkyl carbamates (subject to hydrolysis) is 1. The SMILES string of the molecule is CC(C)(C)OC(=O)NCC1CCCCC1NCC1(CCO)CC1. The molecule has 5 nitrogen and oxygen atoms in total. The van der Waals surface area contributed by atoms with Crippen LogP contribution >= 0.6 is 0 Å². The zero-order valence-corrected chi connectivity index (χ0v) is 15.0. The molecule has 0 aliphatic heterocycles. The second-order valence-electron chi connectivity index (χ2n) is 8.39. The average molecular weight is 326 g/mol. The third-order valence-electron chi connectivity index (χ3n) is 5.16. The van der Waals surface area contributed by atoms with Crippen LogP contribution in [-0.2, 0) is 4.74 Å². The molecule has 0 aromatic rings. The number of carbonyl (C=O) groups is 1. The van der Waals surface area contributed by atoms with E-state index in [0.717, 1.165) is 19.4 Å². The number of rotatable bonds is 7.